The Morgan fingerprint density at radius 2 is 1.53 bits per heavy atom. The van der Waals surface area contributed by atoms with Gasteiger partial charge in [0, 0.05) is 11.3 Å². The van der Waals surface area contributed by atoms with Crippen LogP contribution in [0.3, 0.4) is 0 Å². The van der Waals surface area contributed by atoms with Gasteiger partial charge in [0.1, 0.15) is 6.54 Å². The fourth-order valence-corrected chi connectivity index (χ4v) is 3.31. The fourth-order valence-electron chi connectivity index (χ4n) is 3.31. The monoisotopic (exact) mass is 414 g/mol. The van der Waals surface area contributed by atoms with E-state index in [2.05, 4.69) is 10.6 Å². The van der Waals surface area contributed by atoms with E-state index in [4.69, 9.17) is 9.47 Å². The molecule has 0 aromatic heterocycles. The second kappa shape index (κ2) is 10.6. The highest BCUT2D eigenvalue weighted by Crippen LogP contribution is 2.29. The fraction of sp³-hybridized carbons (Fsp3) is 0.391. The van der Waals surface area contributed by atoms with Crippen LogP contribution in [0.15, 0.2) is 30.3 Å². The average molecular weight is 415 g/mol. The third-order valence-corrected chi connectivity index (χ3v) is 4.99. The second-order valence-electron chi connectivity index (χ2n) is 7.54. The summed E-state index contributed by atoms with van der Waals surface area (Å²) in [6, 6.07) is 9.69. The lowest BCUT2D eigenvalue weighted by molar-refractivity contribution is -0.885. The molecule has 0 aliphatic carbocycles. The molecule has 1 atom stereocenters. The van der Waals surface area contributed by atoms with Crippen molar-refractivity contribution in [1.29, 1.82) is 0 Å². The molecule has 0 bridgehead atoms. The third kappa shape index (κ3) is 6.22. The molecular weight excluding hydrogens is 382 g/mol. The maximum absolute atomic E-state index is 12.3. The van der Waals surface area contributed by atoms with Crippen LogP contribution >= 0.6 is 0 Å². The smallest absolute Gasteiger partial charge is 0.275 e. The molecular formula is C23H32N3O4+. The number of likely N-dealkylation sites (N-methyl/N-ethyl adjacent to an activating group) is 1. The summed E-state index contributed by atoms with van der Waals surface area (Å²) >= 11 is 0. The van der Waals surface area contributed by atoms with Gasteiger partial charge in [0.15, 0.2) is 18.0 Å². The Morgan fingerprint density at radius 3 is 2.13 bits per heavy atom. The molecule has 30 heavy (non-hydrogen) atoms. The lowest BCUT2D eigenvalue weighted by atomic mass is 10.1. The number of carbonyl (C=O) groups excluding carboxylic acids is 2. The molecule has 2 amide bonds. The highest BCUT2D eigenvalue weighted by Gasteiger charge is 2.16. The van der Waals surface area contributed by atoms with Gasteiger partial charge < -0.3 is 25.0 Å². The first-order chi connectivity index (χ1) is 14.2. The first kappa shape index (κ1) is 23.2. The van der Waals surface area contributed by atoms with Gasteiger partial charge >= 0.3 is 0 Å². The minimum atomic E-state index is -0.242. The molecule has 7 nitrogen and oxygen atoms in total. The number of hydrogen-bond acceptors (Lipinski definition) is 4. The number of quaternary nitrogens is 1. The molecule has 2 rings (SSSR count). The highest BCUT2D eigenvalue weighted by atomic mass is 16.5. The first-order valence-corrected chi connectivity index (χ1v) is 9.90. The summed E-state index contributed by atoms with van der Waals surface area (Å²) in [7, 11) is 5.15. The number of para-hydroxylation sites is 1. The van der Waals surface area contributed by atoms with Gasteiger partial charge in [0.2, 0.25) is 5.91 Å². The van der Waals surface area contributed by atoms with Gasteiger partial charge in [-0.05, 0) is 49.6 Å². The summed E-state index contributed by atoms with van der Waals surface area (Å²) in [6.45, 7) is 6.72. The van der Waals surface area contributed by atoms with Gasteiger partial charge in [-0.3, -0.25) is 9.59 Å². The van der Waals surface area contributed by atoms with Crippen molar-refractivity contribution in [2.24, 2.45) is 0 Å². The third-order valence-electron chi connectivity index (χ3n) is 4.99. The van der Waals surface area contributed by atoms with Crippen molar-refractivity contribution in [1.82, 2.24) is 5.32 Å². The van der Waals surface area contributed by atoms with Crippen LogP contribution in [0.1, 0.15) is 22.3 Å². The SMILES string of the molecule is COc1cc(C)c(C[NH+](C)CC(=O)NCC(=O)Nc2c(C)cccc2C)cc1OC. The van der Waals surface area contributed by atoms with E-state index in [0.717, 1.165) is 32.8 Å². The molecule has 7 heteroatoms. The summed E-state index contributed by atoms with van der Waals surface area (Å²) in [6.07, 6.45) is 0. The van der Waals surface area contributed by atoms with E-state index in [1.54, 1.807) is 14.2 Å². The molecule has 0 saturated carbocycles. The van der Waals surface area contributed by atoms with E-state index in [9.17, 15) is 9.59 Å². The van der Waals surface area contributed by atoms with Crippen LogP contribution < -0.4 is 25.0 Å². The minimum Gasteiger partial charge on any atom is -0.493 e. The van der Waals surface area contributed by atoms with Crippen LogP contribution in [-0.2, 0) is 16.1 Å². The molecule has 0 radical (unpaired) electrons. The number of anilines is 1. The predicted octanol–water partition coefficient (Wildman–Crippen LogP) is 1.40. The number of aryl methyl sites for hydroxylation is 3. The Bertz CT molecular complexity index is 891. The summed E-state index contributed by atoms with van der Waals surface area (Å²) in [4.78, 5) is 25.5. The molecule has 3 N–H and O–H groups in total. The van der Waals surface area contributed by atoms with E-state index >= 15 is 0 Å². The molecule has 0 aliphatic rings. The molecule has 0 spiro atoms. The number of nitrogens with one attached hydrogen (secondary N) is 3. The van der Waals surface area contributed by atoms with E-state index in [1.165, 1.54) is 0 Å². The zero-order chi connectivity index (χ0) is 22.3. The summed E-state index contributed by atoms with van der Waals surface area (Å²) in [5, 5.41) is 5.57. The summed E-state index contributed by atoms with van der Waals surface area (Å²) in [5.41, 5.74) is 4.92. The van der Waals surface area contributed by atoms with Gasteiger partial charge in [0.05, 0.1) is 27.8 Å². The van der Waals surface area contributed by atoms with Gasteiger partial charge in [-0.15, -0.1) is 0 Å². The quantitative estimate of drug-likeness (QED) is 0.579. The topological polar surface area (TPSA) is 81.1 Å². The van der Waals surface area contributed by atoms with Crippen molar-refractivity contribution in [2.75, 3.05) is 39.7 Å². The van der Waals surface area contributed by atoms with Crippen LogP contribution in [-0.4, -0.2) is 46.2 Å². The van der Waals surface area contributed by atoms with Gasteiger partial charge in [0.25, 0.3) is 5.91 Å². The van der Waals surface area contributed by atoms with Crippen LogP contribution in [0.4, 0.5) is 5.69 Å². The maximum Gasteiger partial charge on any atom is 0.275 e. The molecule has 2 aromatic rings. The van der Waals surface area contributed by atoms with E-state index in [1.807, 2.05) is 58.2 Å². The van der Waals surface area contributed by atoms with Crippen LogP contribution in [0.25, 0.3) is 0 Å². The Labute approximate surface area is 178 Å². The number of benzene rings is 2. The first-order valence-electron chi connectivity index (χ1n) is 9.90. The van der Waals surface area contributed by atoms with Crippen molar-refractivity contribution in [3.63, 3.8) is 0 Å². The van der Waals surface area contributed by atoms with Gasteiger partial charge in [-0.1, -0.05) is 18.2 Å². The van der Waals surface area contributed by atoms with E-state index in [0.29, 0.717) is 18.0 Å². The van der Waals surface area contributed by atoms with Crippen LogP contribution in [0, 0.1) is 20.8 Å². The molecule has 0 heterocycles. The lowest BCUT2D eigenvalue weighted by Crippen LogP contribution is -3.09. The molecule has 0 aliphatic heterocycles. The van der Waals surface area contributed by atoms with Crippen molar-refractivity contribution in [3.05, 3.63) is 52.6 Å². The second-order valence-corrected chi connectivity index (χ2v) is 7.54. The van der Waals surface area contributed by atoms with Gasteiger partial charge in [-0.25, -0.2) is 0 Å². The molecule has 162 valence electrons. The Balaban J connectivity index is 1.87. The molecule has 0 fully saturated rings. The number of amides is 2. The Kier molecular flexibility index (Phi) is 8.24. The number of ether oxygens (including phenoxy) is 2. The molecule has 0 saturated heterocycles. The maximum atomic E-state index is 12.3. The zero-order valence-corrected chi connectivity index (χ0v) is 18.6. The number of hydrogen-bond donors (Lipinski definition) is 3. The zero-order valence-electron chi connectivity index (χ0n) is 18.6. The standard InChI is InChI=1S/C23H31N3O4/c1-15-8-7-9-16(2)23(15)25-21(27)12-24-22(28)14-26(4)13-18-11-20(30-6)19(29-5)10-17(18)3/h7-11H,12-14H2,1-6H3,(H,24,28)(H,25,27)/p+1. The molecule has 2 aromatic carbocycles. The lowest BCUT2D eigenvalue weighted by Gasteiger charge is -2.17. The summed E-state index contributed by atoms with van der Waals surface area (Å²) in [5.74, 6) is 0.930. The van der Waals surface area contributed by atoms with Crippen LogP contribution in [0.5, 0.6) is 11.5 Å². The van der Waals surface area contributed by atoms with Crippen molar-refractivity contribution in [2.45, 2.75) is 27.3 Å². The van der Waals surface area contributed by atoms with E-state index in [-0.39, 0.29) is 24.9 Å². The minimum absolute atomic E-state index is 0.0602. The molecule has 1 unspecified atom stereocenters. The largest absolute Gasteiger partial charge is 0.493 e. The van der Waals surface area contributed by atoms with Crippen molar-refractivity contribution in [3.8, 4) is 11.5 Å². The normalized spacial score (nSPS) is 11.5. The van der Waals surface area contributed by atoms with Crippen molar-refractivity contribution < 1.29 is 24.0 Å². The van der Waals surface area contributed by atoms with Crippen molar-refractivity contribution >= 4 is 17.5 Å². The average Bonchev–Trinajstić information content (AvgIpc) is 2.70. The predicted molar refractivity (Wildman–Crippen MR) is 117 cm³/mol. The highest BCUT2D eigenvalue weighted by molar-refractivity contribution is 5.95. The van der Waals surface area contributed by atoms with Crippen LogP contribution in [0.2, 0.25) is 0 Å². The Hall–Kier alpha value is -3.06. The van der Waals surface area contributed by atoms with Gasteiger partial charge in [-0.2, -0.15) is 0 Å². The van der Waals surface area contributed by atoms with E-state index < -0.39 is 0 Å². The number of rotatable bonds is 9. The summed E-state index contributed by atoms with van der Waals surface area (Å²) < 4.78 is 10.7. The number of carbonyl (C=O) groups is 2. The number of methoxy groups -OCH3 is 2. The Morgan fingerprint density at radius 1 is 0.933 bits per heavy atom.